The minimum atomic E-state index is -1.86. The number of carbonyl (C=O) groups is 1. The van der Waals surface area contributed by atoms with Crippen LogP contribution in [0.5, 0.6) is 0 Å². The Morgan fingerprint density at radius 2 is 1.72 bits per heavy atom. The van der Waals surface area contributed by atoms with Crippen molar-refractivity contribution in [3.05, 3.63) is 35.9 Å². The first-order chi connectivity index (χ1) is 20.6. The van der Waals surface area contributed by atoms with E-state index in [1.807, 2.05) is 0 Å². The molecule has 43 heavy (non-hydrogen) atoms. The molecule has 7 rings (SSSR count). The molecule has 11 heteroatoms. The Kier molecular flexibility index (Phi) is 6.92. The molecule has 1 unspecified atom stereocenters. The molecule has 1 aromatic carbocycles. The van der Waals surface area contributed by atoms with Crippen LogP contribution in [0.25, 0.3) is 0 Å². The molecule has 1 aromatic rings. The lowest BCUT2D eigenvalue weighted by molar-refractivity contribution is -0.320. The minimum absolute atomic E-state index is 0.106. The van der Waals surface area contributed by atoms with Gasteiger partial charge in [-0.2, -0.15) is 0 Å². The normalized spacial score (nSPS) is 52.7. The van der Waals surface area contributed by atoms with Gasteiger partial charge in [0.2, 0.25) is 0 Å². The molecule has 5 saturated carbocycles. The summed E-state index contributed by atoms with van der Waals surface area (Å²) in [5, 5.41) is 49.7. The SMILES string of the molecule is CCN1C[C@]2(COC)C(O)C[C@H](OC)[C@@]34[C@@H]5C[C@]6(O)[C@H](OC(=O)c7ccccc7)[C@@H]5[C@@](O)([C@@H]([C@H](OC)[C@H]23)[C@@H]14)[C@@H](O)[C@@H]6OC. The number of fused-ring (bicyclic) bond motifs is 2. The van der Waals surface area contributed by atoms with E-state index in [0.29, 0.717) is 25.1 Å². The molecule has 15 atom stereocenters. The molecule has 238 valence electrons. The quantitative estimate of drug-likeness (QED) is 0.300. The van der Waals surface area contributed by atoms with Gasteiger partial charge in [-0.3, -0.25) is 4.90 Å². The summed E-state index contributed by atoms with van der Waals surface area (Å²) >= 11 is 0. The molecule has 1 spiro atoms. The summed E-state index contributed by atoms with van der Waals surface area (Å²) in [6, 6.07) is 8.25. The molecule has 1 saturated heterocycles. The molecular weight excluding hydrogens is 558 g/mol. The summed E-state index contributed by atoms with van der Waals surface area (Å²) in [6.45, 7) is 3.46. The zero-order chi connectivity index (χ0) is 30.7. The first kappa shape index (κ1) is 30.0. The second kappa shape index (κ2) is 9.91. The van der Waals surface area contributed by atoms with E-state index in [-0.39, 0.29) is 25.0 Å². The topological polar surface area (TPSA) is 147 Å². The molecule has 5 aliphatic carbocycles. The van der Waals surface area contributed by atoms with Gasteiger partial charge in [-0.25, -0.2) is 4.79 Å². The number of nitrogens with zero attached hydrogens (tertiary/aromatic N) is 1. The molecule has 11 nitrogen and oxygen atoms in total. The van der Waals surface area contributed by atoms with E-state index in [4.69, 9.17) is 23.7 Å². The van der Waals surface area contributed by atoms with Crippen molar-refractivity contribution in [2.75, 3.05) is 48.1 Å². The fourth-order valence-electron chi connectivity index (χ4n) is 11.9. The van der Waals surface area contributed by atoms with Crippen molar-refractivity contribution in [2.24, 2.45) is 34.5 Å². The number of ether oxygens (including phenoxy) is 5. The number of piperidine rings is 1. The van der Waals surface area contributed by atoms with Crippen LogP contribution in [0.4, 0.5) is 0 Å². The number of benzene rings is 1. The van der Waals surface area contributed by atoms with Gasteiger partial charge in [0.15, 0.2) is 0 Å². The molecule has 6 fully saturated rings. The Hall–Kier alpha value is -1.67. The van der Waals surface area contributed by atoms with E-state index in [1.165, 1.54) is 7.11 Å². The zero-order valence-electron chi connectivity index (χ0n) is 25.5. The van der Waals surface area contributed by atoms with Crippen molar-refractivity contribution < 1.29 is 48.9 Å². The van der Waals surface area contributed by atoms with Gasteiger partial charge >= 0.3 is 5.97 Å². The molecule has 1 heterocycles. The molecule has 0 amide bonds. The van der Waals surface area contributed by atoms with Crippen LogP contribution < -0.4 is 0 Å². The highest BCUT2D eigenvalue weighted by atomic mass is 16.6. The van der Waals surface area contributed by atoms with E-state index >= 15 is 0 Å². The second-order valence-electron chi connectivity index (χ2n) is 13.9. The Balaban J connectivity index is 1.48. The number of hydrogen-bond donors (Lipinski definition) is 4. The average Bonchev–Trinajstić information content (AvgIpc) is 3.39. The van der Waals surface area contributed by atoms with E-state index in [9.17, 15) is 25.2 Å². The van der Waals surface area contributed by atoms with Gasteiger partial charge in [0, 0.05) is 76.0 Å². The van der Waals surface area contributed by atoms with Crippen molar-refractivity contribution in [3.8, 4) is 0 Å². The third-order valence-corrected chi connectivity index (χ3v) is 12.9. The highest BCUT2D eigenvalue weighted by Gasteiger charge is 2.91. The number of carbonyl (C=O) groups excluding carboxylic acids is 1. The fourth-order valence-corrected chi connectivity index (χ4v) is 11.9. The third-order valence-electron chi connectivity index (χ3n) is 12.9. The monoisotopic (exact) mass is 603 g/mol. The molecule has 4 N–H and O–H groups in total. The summed E-state index contributed by atoms with van der Waals surface area (Å²) in [7, 11) is 6.29. The summed E-state index contributed by atoms with van der Waals surface area (Å²) in [5.41, 5.74) is -4.81. The van der Waals surface area contributed by atoms with E-state index in [1.54, 1.807) is 51.7 Å². The highest BCUT2D eigenvalue weighted by molar-refractivity contribution is 5.89. The van der Waals surface area contributed by atoms with Crippen molar-refractivity contribution in [1.82, 2.24) is 4.90 Å². The Morgan fingerprint density at radius 3 is 2.33 bits per heavy atom. The summed E-state index contributed by atoms with van der Waals surface area (Å²) < 4.78 is 30.5. The summed E-state index contributed by atoms with van der Waals surface area (Å²) in [6.07, 6.45) is -5.27. The van der Waals surface area contributed by atoms with Gasteiger partial charge in [0.05, 0.1) is 30.5 Å². The Bertz CT molecular complexity index is 1250. The maximum Gasteiger partial charge on any atom is 0.338 e. The van der Waals surface area contributed by atoms with Crippen molar-refractivity contribution >= 4 is 5.97 Å². The summed E-state index contributed by atoms with van der Waals surface area (Å²) in [5.74, 6) is -2.94. The van der Waals surface area contributed by atoms with Crippen molar-refractivity contribution in [1.29, 1.82) is 0 Å². The average molecular weight is 604 g/mol. The van der Waals surface area contributed by atoms with Crippen molar-refractivity contribution in [2.45, 2.75) is 73.6 Å². The molecule has 0 radical (unpaired) electrons. The van der Waals surface area contributed by atoms with Crippen LogP contribution in [0.2, 0.25) is 0 Å². The van der Waals surface area contributed by atoms with E-state index < -0.39 is 82.4 Å². The molecule has 1 aliphatic heterocycles. The van der Waals surface area contributed by atoms with E-state index in [0.717, 1.165) is 0 Å². The van der Waals surface area contributed by atoms with Crippen LogP contribution >= 0.6 is 0 Å². The molecule has 0 aromatic heterocycles. The van der Waals surface area contributed by atoms with Crippen LogP contribution in [0.3, 0.4) is 0 Å². The molecular formula is C32H45NO10. The van der Waals surface area contributed by atoms with Gasteiger partial charge in [0.1, 0.15) is 29.5 Å². The highest BCUT2D eigenvalue weighted by Crippen LogP contribution is 2.80. The standard InChI is InChI=1S/C32H45NO10/c1-6-33-14-29(15-39-2)18(34)12-19(40-3)31-17-13-30(37)26(43-28(36)16-10-8-7-9-11-16)20(17)32(38,25(35)27(30)42-5)21(24(31)33)22(41-4)23(29)31/h7-11,17-27,34-35,37-38H,6,12-15H2,1-5H3/t17-,18?,19+,20-,21+,22+,23-,24-,25+,26-,27+,29+,30+,31+,32-/m1/s1. The predicted molar refractivity (Wildman–Crippen MR) is 151 cm³/mol. The first-order valence-corrected chi connectivity index (χ1v) is 15.5. The lowest BCUT2D eigenvalue weighted by atomic mass is 9.42. The number of rotatable bonds is 8. The van der Waals surface area contributed by atoms with Gasteiger partial charge < -0.3 is 44.1 Å². The smallest absolute Gasteiger partial charge is 0.338 e. The molecule has 7 bridgehead atoms. The summed E-state index contributed by atoms with van der Waals surface area (Å²) in [4.78, 5) is 15.8. The van der Waals surface area contributed by atoms with Crippen LogP contribution in [0.1, 0.15) is 30.1 Å². The van der Waals surface area contributed by atoms with Gasteiger partial charge in [0.25, 0.3) is 0 Å². The maximum absolute atomic E-state index is 13.6. The van der Waals surface area contributed by atoms with Gasteiger partial charge in [-0.15, -0.1) is 0 Å². The van der Waals surface area contributed by atoms with Crippen molar-refractivity contribution in [3.63, 3.8) is 0 Å². The number of aliphatic hydroxyl groups excluding tert-OH is 2. The lowest BCUT2D eigenvalue weighted by Crippen LogP contribution is -2.81. The Labute approximate surface area is 252 Å². The number of hydrogen-bond acceptors (Lipinski definition) is 11. The maximum atomic E-state index is 13.6. The van der Waals surface area contributed by atoms with Gasteiger partial charge in [-0.1, -0.05) is 25.1 Å². The number of aliphatic hydroxyl groups is 4. The number of esters is 1. The van der Waals surface area contributed by atoms with Crippen LogP contribution in [-0.2, 0) is 23.7 Å². The minimum Gasteiger partial charge on any atom is -0.455 e. The van der Waals surface area contributed by atoms with Crippen LogP contribution in [0.15, 0.2) is 30.3 Å². The largest absolute Gasteiger partial charge is 0.455 e. The van der Waals surface area contributed by atoms with Crippen LogP contribution in [-0.4, -0.2) is 133 Å². The fraction of sp³-hybridized carbons (Fsp3) is 0.781. The second-order valence-corrected chi connectivity index (χ2v) is 13.9. The molecule has 6 aliphatic rings. The van der Waals surface area contributed by atoms with Crippen LogP contribution in [0, 0.1) is 34.5 Å². The number of methoxy groups -OCH3 is 4. The van der Waals surface area contributed by atoms with Gasteiger partial charge in [-0.05, 0) is 31.0 Å². The van der Waals surface area contributed by atoms with E-state index in [2.05, 4.69) is 11.8 Å². The third kappa shape index (κ3) is 3.28. The predicted octanol–water partition coefficient (Wildman–Crippen LogP) is 0.0773. The lowest BCUT2D eigenvalue weighted by Gasteiger charge is -2.70. The number of likely N-dealkylation sites (tertiary alicyclic amines) is 1. The Morgan fingerprint density at radius 1 is 1.00 bits per heavy atom. The first-order valence-electron chi connectivity index (χ1n) is 15.5. The zero-order valence-corrected chi connectivity index (χ0v) is 25.5.